The number of pyridine rings is 1. The lowest BCUT2D eigenvalue weighted by atomic mass is 10.1. The van der Waals surface area contributed by atoms with Crippen LogP contribution in [-0.4, -0.2) is 18.6 Å². The predicted octanol–water partition coefficient (Wildman–Crippen LogP) is 2.51. The molecule has 0 spiro atoms. The van der Waals surface area contributed by atoms with E-state index in [2.05, 4.69) is 35.5 Å². The first-order chi connectivity index (χ1) is 8.06. The molecule has 1 aromatic heterocycles. The van der Waals surface area contributed by atoms with Crippen LogP contribution in [0.15, 0.2) is 24.3 Å². The van der Waals surface area contributed by atoms with E-state index in [1.54, 1.807) is 0 Å². The maximum absolute atomic E-state index is 5.72. The third kappa shape index (κ3) is 4.19. The van der Waals surface area contributed by atoms with E-state index in [4.69, 9.17) is 5.73 Å². The zero-order valence-electron chi connectivity index (χ0n) is 11.2. The topological polar surface area (TPSA) is 42.1 Å². The number of nitrogens with two attached hydrogens (primary N) is 1. The van der Waals surface area contributed by atoms with E-state index < -0.39 is 0 Å². The summed E-state index contributed by atoms with van der Waals surface area (Å²) in [5.41, 5.74) is 9.12. The molecule has 17 heavy (non-hydrogen) atoms. The molecule has 94 valence electrons. The third-order valence-corrected chi connectivity index (χ3v) is 2.56. The molecule has 0 radical (unpaired) electrons. The Labute approximate surface area is 104 Å². The Morgan fingerprint density at radius 3 is 2.71 bits per heavy atom. The van der Waals surface area contributed by atoms with Crippen molar-refractivity contribution in [3.8, 4) is 0 Å². The van der Waals surface area contributed by atoms with Crippen LogP contribution in [0.4, 0.5) is 5.82 Å². The van der Waals surface area contributed by atoms with Crippen molar-refractivity contribution in [1.29, 1.82) is 0 Å². The average molecular weight is 233 g/mol. The summed E-state index contributed by atoms with van der Waals surface area (Å²) in [6.07, 6.45) is 2.10. The molecule has 0 amide bonds. The fraction of sp³-hybridized carbons (Fsp3) is 0.500. The highest BCUT2D eigenvalue weighted by molar-refractivity contribution is 5.43. The molecule has 3 nitrogen and oxygen atoms in total. The van der Waals surface area contributed by atoms with E-state index in [0.717, 1.165) is 42.0 Å². The zero-order chi connectivity index (χ0) is 12.8. The molecular formula is C14H23N3. The smallest absolute Gasteiger partial charge is 0.129 e. The summed E-state index contributed by atoms with van der Waals surface area (Å²) < 4.78 is 0. The molecule has 1 heterocycles. The van der Waals surface area contributed by atoms with Gasteiger partial charge in [-0.15, -0.1) is 0 Å². The van der Waals surface area contributed by atoms with Gasteiger partial charge < -0.3 is 10.6 Å². The molecule has 0 atom stereocenters. The Hall–Kier alpha value is -1.35. The molecule has 0 saturated carbocycles. The zero-order valence-corrected chi connectivity index (χ0v) is 11.2. The van der Waals surface area contributed by atoms with Gasteiger partial charge in [0.05, 0.1) is 0 Å². The van der Waals surface area contributed by atoms with Crippen molar-refractivity contribution in [3.63, 3.8) is 0 Å². The van der Waals surface area contributed by atoms with Crippen molar-refractivity contribution >= 4 is 5.82 Å². The maximum Gasteiger partial charge on any atom is 0.129 e. The monoisotopic (exact) mass is 233 g/mol. The normalized spacial score (nSPS) is 10.4. The van der Waals surface area contributed by atoms with E-state index in [1.807, 2.05) is 14.0 Å². The Morgan fingerprint density at radius 2 is 2.18 bits per heavy atom. The highest BCUT2D eigenvalue weighted by atomic mass is 15.2. The fourth-order valence-corrected chi connectivity index (χ4v) is 1.82. The number of aryl methyl sites for hydroxylation is 1. The Bertz CT molecular complexity index is 385. The number of nitrogens with zero attached hydrogens (tertiary/aromatic N) is 2. The van der Waals surface area contributed by atoms with E-state index in [-0.39, 0.29) is 0 Å². The van der Waals surface area contributed by atoms with Crippen LogP contribution in [0.2, 0.25) is 0 Å². The molecule has 0 aliphatic rings. The first kappa shape index (κ1) is 13.7. The molecule has 0 aliphatic heterocycles. The van der Waals surface area contributed by atoms with Crippen LogP contribution in [0.1, 0.15) is 31.5 Å². The summed E-state index contributed by atoms with van der Waals surface area (Å²) in [5.74, 6) is 0.986. The minimum Gasteiger partial charge on any atom is -0.356 e. The van der Waals surface area contributed by atoms with Gasteiger partial charge in [0.1, 0.15) is 5.82 Å². The van der Waals surface area contributed by atoms with Crippen LogP contribution >= 0.6 is 0 Å². The largest absolute Gasteiger partial charge is 0.356 e. The molecule has 0 fully saturated rings. The molecule has 1 aromatic rings. The molecule has 0 bridgehead atoms. The second-order valence-corrected chi connectivity index (χ2v) is 4.59. The minimum absolute atomic E-state index is 0.563. The van der Waals surface area contributed by atoms with Crippen molar-refractivity contribution in [2.24, 2.45) is 5.73 Å². The Morgan fingerprint density at radius 1 is 1.47 bits per heavy atom. The summed E-state index contributed by atoms with van der Waals surface area (Å²) in [5, 5.41) is 0. The van der Waals surface area contributed by atoms with Crippen molar-refractivity contribution < 1.29 is 0 Å². The predicted molar refractivity (Wildman–Crippen MR) is 74.2 cm³/mol. The van der Waals surface area contributed by atoms with Gasteiger partial charge in [-0.1, -0.05) is 25.5 Å². The molecule has 0 unspecified atom stereocenters. The summed E-state index contributed by atoms with van der Waals surface area (Å²) in [6, 6.07) is 4.16. The first-order valence-corrected chi connectivity index (χ1v) is 6.12. The van der Waals surface area contributed by atoms with Crippen molar-refractivity contribution in [2.75, 3.05) is 18.5 Å². The van der Waals surface area contributed by atoms with Crippen LogP contribution in [0.5, 0.6) is 0 Å². The van der Waals surface area contributed by atoms with Crippen molar-refractivity contribution in [1.82, 2.24) is 4.98 Å². The average Bonchev–Trinajstić information content (AvgIpc) is 2.28. The molecule has 0 saturated heterocycles. The number of likely N-dealkylation sites (N-methyl/N-ethyl adjacent to an activating group) is 1. The standard InChI is InChI=1S/C14H23N3/c1-5-6-13-7-12(9-15)8-14(16-13)17(4)10-11(2)3/h7-8H,2,5-6,9-10,15H2,1,3-4H3. The van der Waals surface area contributed by atoms with Crippen molar-refractivity contribution in [3.05, 3.63) is 35.5 Å². The number of hydrogen-bond donors (Lipinski definition) is 1. The van der Waals surface area contributed by atoms with Gasteiger partial charge in [-0.3, -0.25) is 0 Å². The highest BCUT2D eigenvalue weighted by Gasteiger charge is 2.06. The van der Waals surface area contributed by atoms with Gasteiger partial charge in [-0.05, 0) is 31.0 Å². The van der Waals surface area contributed by atoms with Crippen molar-refractivity contribution in [2.45, 2.75) is 33.2 Å². The molecule has 0 aliphatic carbocycles. The molecule has 2 N–H and O–H groups in total. The Kier molecular flexibility index (Phi) is 5.16. The highest BCUT2D eigenvalue weighted by Crippen LogP contribution is 2.15. The van der Waals surface area contributed by atoms with Crippen LogP contribution in [0.25, 0.3) is 0 Å². The van der Waals surface area contributed by atoms with Gasteiger partial charge in [0.2, 0.25) is 0 Å². The lowest BCUT2D eigenvalue weighted by Gasteiger charge is -2.19. The molecule has 3 heteroatoms. The number of rotatable bonds is 6. The number of aromatic nitrogens is 1. The first-order valence-electron chi connectivity index (χ1n) is 6.12. The molecule has 0 aromatic carbocycles. The second kappa shape index (κ2) is 6.40. The quantitative estimate of drug-likeness (QED) is 0.768. The third-order valence-electron chi connectivity index (χ3n) is 2.56. The molecular weight excluding hydrogens is 210 g/mol. The van der Waals surface area contributed by atoms with Gasteiger partial charge in [-0.2, -0.15) is 0 Å². The SMILES string of the molecule is C=C(C)CN(C)c1cc(CN)cc(CCC)n1. The Balaban J connectivity index is 2.96. The summed E-state index contributed by atoms with van der Waals surface area (Å²) >= 11 is 0. The van der Waals surface area contributed by atoms with E-state index in [9.17, 15) is 0 Å². The summed E-state index contributed by atoms with van der Waals surface area (Å²) in [7, 11) is 2.03. The fourth-order valence-electron chi connectivity index (χ4n) is 1.82. The van der Waals surface area contributed by atoms with Crippen LogP contribution < -0.4 is 10.6 Å². The lowest BCUT2D eigenvalue weighted by Crippen LogP contribution is -2.21. The van der Waals surface area contributed by atoms with Gasteiger partial charge in [-0.25, -0.2) is 4.98 Å². The van der Waals surface area contributed by atoms with Crippen LogP contribution in [0.3, 0.4) is 0 Å². The van der Waals surface area contributed by atoms with E-state index in [1.165, 1.54) is 0 Å². The molecule has 1 rings (SSSR count). The summed E-state index contributed by atoms with van der Waals surface area (Å²) in [4.78, 5) is 6.77. The van der Waals surface area contributed by atoms with Gasteiger partial charge >= 0.3 is 0 Å². The summed E-state index contributed by atoms with van der Waals surface area (Å²) in [6.45, 7) is 9.50. The second-order valence-electron chi connectivity index (χ2n) is 4.59. The van der Waals surface area contributed by atoms with Gasteiger partial charge in [0.15, 0.2) is 0 Å². The lowest BCUT2D eigenvalue weighted by molar-refractivity contribution is 0.856. The maximum atomic E-state index is 5.72. The van der Waals surface area contributed by atoms with Crippen LogP contribution in [0, 0.1) is 0 Å². The number of anilines is 1. The van der Waals surface area contributed by atoms with E-state index >= 15 is 0 Å². The van der Waals surface area contributed by atoms with Gasteiger partial charge in [0, 0.05) is 25.8 Å². The van der Waals surface area contributed by atoms with Crippen LogP contribution in [-0.2, 0) is 13.0 Å². The van der Waals surface area contributed by atoms with Gasteiger partial charge in [0.25, 0.3) is 0 Å². The minimum atomic E-state index is 0.563. The number of hydrogen-bond acceptors (Lipinski definition) is 3. The van der Waals surface area contributed by atoms with E-state index in [0.29, 0.717) is 6.54 Å².